The Morgan fingerprint density at radius 2 is 2.00 bits per heavy atom. The minimum Gasteiger partial charge on any atom is -0.346 e. The van der Waals surface area contributed by atoms with Crippen LogP contribution in [0.4, 0.5) is 5.82 Å². The number of halogens is 1. The van der Waals surface area contributed by atoms with Gasteiger partial charge >= 0.3 is 0 Å². The maximum Gasteiger partial charge on any atom is 0.130 e. The Kier molecular flexibility index (Phi) is 4.08. The van der Waals surface area contributed by atoms with Gasteiger partial charge in [-0.2, -0.15) is 0 Å². The molecule has 0 N–H and O–H groups in total. The Morgan fingerprint density at radius 3 is 2.80 bits per heavy atom. The first-order valence-corrected chi connectivity index (χ1v) is 9.03. The van der Waals surface area contributed by atoms with Crippen molar-refractivity contribution in [2.24, 2.45) is 5.92 Å². The van der Waals surface area contributed by atoms with E-state index in [1.54, 1.807) is 0 Å². The van der Waals surface area contributed by atoms with E-state index in [4.69, 9.17) is 21.6 Å². The molecular formula is C20H21ClN4. The number of aryl methyl sites for hydroxylation is 1. The molecule has 3 heterocycles. The fourth-order valence-corrected chi connectivity index (χ4v) is 3.51. The third-order valence-electron chi connectivity index (χ3n) is 4.59. The molecule has 0 bridgehead atoms. The molecular weight excluding hydrogens is 332 g/mol. The molecule has 0 spiro atoms. The molecule has 25 heavy (non-hydrogen) atoms. The van der Waals surface area contributed by atoms with E-state index in [1.807, 2.05) is 24.4 Å². The van der Waals surface area contributed by atoms with Crippen molar-refractivity contribution in [3.05, 3.63) is 58.1 Å². The Hall–Kier alpha value is -2.20. The van der Waals surface area contributed by atoms with Crippen molar-refractivity contribution >= 4 is 28.3 Å². The normalized spacial score (nSPS) is 13.7. The van der Waals surface area contributed by atoms with E-state index in [2.05, 4.69) is 36.7 Å². The fourth-order valence-electron chi connectivity index (χ4n) is 3.34. The molecule has 0 radical (unpaired) electrons. The molecule has 1 aliphatic rings. The second-order valence-electron chi connectivity index (χ2n) is 7.17. The summed E-state index contributed by atoms with van der Waals surface area (Å²) in [7, 11) is 0. The molecule has 0 amide bonds. The molecule has 0 saturated carbocycles. The summed E-state index contributed by atoms with van der Waals surface area (Å²) in [5.74, 6) is 2.46. The molecule has 0 saturated heterocycles. The van der Waals surface area contributed by atoms with Crippen molar-refractivity contribution in [3.8, 4) is 0 Å². The highest BCUT2D eigenvalue weighted by Crippen LogP contribution is 2.30. The van der Waals surface area contributed by atoms with Gasteiger partial charge in [0.25, 0.3) is 0 Å². The maximum atomic E-state index is 6.14. The molecule has 4 nitrogen and oxygen atoms in total. The van der Waals surface area contributed by atoms with E-state index in [1.165, 1.54) is 11.1 Å². The van der Waals surface area contributed by atoms with Crippen LogP contribution in [0.25, 0.3) is 10.9 Å². The Balaban J connectivity index is 1.66. The monoisotopic (exact) mass is 352 g/mol. The van der Waals surface area contributed by atoms with Crippen LogP contribution < -0.4 is 4.90 Å². The van der Waals surface area contributed by atoms with Gasteiger partial charge in [0.05, 0.1) is 17.8 Å². The van der Waals surface area contributed by atoms with E-state index in [0.29, 0.717) is 10.9 Å². The average molecular weight is 353 g/mol. The number of pyridine rings is 1. The van der Waals surface area contributed by atoms with Crippen LogP contribution >= 0.6 is 11.6 Å². The van der Waals surface area contributed by atoms with Crippen LogP contribution in [-0.2, 0) is 19.5 Å². The zero-order valence-corrected chi connectivity index (χ0v) is 15.5. The summed E-state index contributed by atoms with van der Waals surface area (Å²) in [6, 6.07) is 8.02. The van der Waals surface area contributed by atoms with Crippen molar-refractivity contribution in [2.75, 3.05) is 4.90 Å². The number of hydrogen-bond acceptors (Lipinski definition) is 4. The quantitative estimate of drug-likeness (QED) is 0.684. The fraction of sp³-hybridized carbons (Fsp3) is 0.350. The van der Waals surface area contributed by atoms with Crippen molar-refractivity contribution < 1.29 is 0 Å². The van der Waals surface area contributed by atoms with Gasteiger partial charge in [-0.25, -0.2) is 15.0 Å². The van der Waals surface area contributed by atoms with Crippen LogP contribution in [0.15, 0.2) is 30.5 Å². The zero-order valence-electron chi connectivity index (χ0n) is 14.8. The summed E-state index contributed by atoms with van der Waals surface area (Å²) in [5, 5.41) is 1.86. The smallest absolute Gasteiger partial charge is 0.130 e. The van der Waals surface area contributed by atoms with E-state index < -0.39 is 0 Å². The minimum atomic E-state index is 0.560. The number of aromatic nitrogens is 3. The number of nitrogens with zero attached hydrogens (tertiary/aromatic N) is 4. The van der Waals surface area contributed by atoms with Gasteiger partial charge in [0.15, 0.2) is 0 Å². The first-order valence-electron chi connectivity index (χ1n) is 8.65. The predicted molar refractivity (Wildman–Crippen MR) is 102 cm³/mol. The van der Waals surface area contributed by atoms with E-state index in [-0.39, 0.29) is 0 Å². The summed E-state index contributed by atoms with van der Waals surface area (Å²) in [6.45, 7) is 8.08. The van der Waals surface area contributed by atoms with Crippen LogP contribution in [0.2, 0.25) is 5.02 Å². The molecule has 128 valence electrons. The molecule has 5 heteroatoms. The van der Waals surface area contributed by atoms with E-state index in [0.717, 1.165) is 47.7 Å². The molecule has 4 rings (SSSR count). The number of rotatable bonds is 3. The van der Waals surface area contributed by atoms with Gasteiger partial charge < -0.3 is 4.90 Å². The summed E-state index contributed by atoms with van der Waals surface area (Å²) in [5.41, 5.74) is 4.46. The summed E-state index contributed by atoms with van der Waals surface area (Å²) >= 11 is 6.14. The summed E-state index contributed by atoms with van der Waals surface area (Å²) in [6.07, 6.45) is 2.89. The molecule has 2 aromatic heterocycles. The standard InChI is InChI=1S/C20H21ClN4/c1-12(2)6-19-22-9-14-10-25(11-18(14)23-19)20-7-13(3)16-5-4-15(21)8-17(16)24-20/h4-5,7-9,12H,6,10-11H2,1-3H3. The van der Waals surface area contributed by atoms with Gasteiger partial charge in [-0.05, 0) is 36.6 Å². The van der Waals surface area contributed by atoms with Crippen molar-refractivity contribution in [3.63, 3.8) is 0 Å². The lowest BCUT2D eigenvalue weighted by Gasteiger charge is -2.17. The van der Waals surface area contributed by atoms with Crippen LogP contribution in [-0.4, -0.2) is 15.0 Å². The summed E-state index contributed by atoms with van der Waals surface area (Å²) in [4.78, 5) is 16.4. The molecule has 1 aromatic carbocycles. The Bertz CT molecular complexity index is 952. The first kappa shape index (κ1) is 16.3. The number of benzene rings is 1. The maximum absolute atomic E-state index is 6.14. The SMILES string of the molecule is Cc1cc(N2Cc3cnc(CC(C)C)nc3C2)nc2cc(Cl)ccc12. The second-order valence-corrected chi connectivity index (χ2v) is 7.61. The Morgan fingerprint density at radius 1 is 1.16 bits per heavy atom. The topological polar surface area (TPSA) is 41.9 Å². The third-order valence-corrected chi connectivity index (χ3v) is 4.82. The third kappa shape index (κ3) is 3.19. The highest BCUT2D eigenvalue weighted by molar-refractivity contribution is 6.31. The molecule has 0 atom stereocenters. The number of fused-ring (bicyclic) bond motifs is 2. The van der Waals surface area contributed by atoms with Crippen LogP contribution in [0.1, 0.15) is 36.5 Å². The lowest BCUT2D eigenvalue weighted by Crippen LogP contribution is -2.16. The molecule has 0 fully saturated rings. The highest BCUT2D eigenvalue weighted by Gasteiger charge is 2.23. The van der Waals surface area contributed by atoms with Gasteiger partial charge in [-0.15, -0.1) is 0 Å². The number of anilines is 1. The lowest BCUT2D eigenvalue weighted by molar-refractivity contribution is 0.617. The van der Waals surface area contributed by atoms with Crippen molar-refractivity contribution in [2.45, 2.75) is 40.3 Å². The van der Waals surface area contributed by atoms with Crippen LogP contribution in [0.3, 0.4) is 0 Å². The minimum absolute atomic E-state index is 0.560. The van der Waals surface area contributed by atoms with Crippen molar-refractivity contribution in [1.29, 1.82) is 0 Å². The van der Waals surface area contributed by atoms with E-state index in [9.17, 15) is 0 Å². The average Bonchev–Trinajstić information content (AvgIpc) is 2.97. The largest absolute Gasteiger partial charge is 0.346 e. The Labute approximate surface area is 152 Å². The molecule has 0 aliphatic carbocycles. The van der Waals surface area contributed by atoms with Gasteiger partial charge in [-0.3, -0.25) is 0 Å². The van der Waals surface area contributed by atoms with E-state index >= 15 is 0 Å². The van der Waals surface area contributed by atoms with Crippen molar-refractivity contribution in [1.82, 2.24) is 15.0 Å². The number of hydrogen-bond donors (Lipinski definition) is 0. The molecule has 0 unspecified atom stereocenters. The second kappa shape index (κ2) is 6.26. The molecule has 3 aromatic rings. The van der Waals surface area contributed by atoms with Crippen LogP contribution in [0, 0.1) is 12.8 Å². The van der Waals surface area contributed by atoms with Gasteiger partial charge in [-0.1, -0.05) is 31.5 Å². The van der Waals surface area contributed by atoms with Gasteiger partial charge in [0.1, 0.15) is 11.6 Å². The van der Waals surface area contributed by atoms with Gasteiger partial charge in [0, 0.05) is 35.1 Å². The summed E-state index contributed by atoms with van der Waals surface area (Å²) < 4.78 is 0. The first-order chi connectivity index (χ1) is 12.0. The lowest BCUT2D eigenvalue weighted by atomic mass is 10.1. The van der Waals surface area contributed by atoms with Gasteiger partial charge in [0.2, 0.25) is 0 Å². The highest BCUT2D eigenvalue weighted by atomic mass is 35.5. The predicted octanol–water partition coefficient (Wildman–Crippen LogP) is 4.71. The molecule has 1 aliphatic heterocycles. The van der Waals surface area contributed by atoms with Crippen LogP contribution in [0.5, 0.6) is 0 Å². The zero-order chi connectivity index (χ0) is 17.6.